The third-order valence-electron chi connectivity index (χ3n) is 1.40. The number of carbonyl (C=O) groups excluding carboxylic acids is 1. The van der Waals surface area contributed by atoms with Crippen molar-refractivity contribution in [1.29, 1.82) is 0 Å². The third kappa shape index (κ3) is 2.98. The van der Waals surface area contributed by atoms with E-state index in [9.17, 15) is 18.0 Å². The molecule has 1 heterocycles. The van der Waals surface area contributed by atoms with E-state index in [-0.39, 0.29) is 11.5 Å². The van der Waals surface area contributed by atoms with Crippen LogP contribution in [0.15, 0.2) is 18.2 Å². The molecule has 0 aliphatic heterocycles. The molecule has 0 fully saturated rings. The Kier molecular flexibility index (Phi) is 2.95. The van der Waals surface area contributed by atoms with Crippen LogP contribution >= 0.6 is 0 Å². The van der Waals surface area contributed by atoms with Gasteiger partial charge in [-0.05, 0) is 12.1 Å². The van der Waals surface area contributed by atoms with E-state index in [0.29, 0.717) is 0 Å². The summed E-state index contributed by atoms with van der Waals surface area (Å²) in [5, 5.41) is 1.59. The SMILES string of the molecule is C#Cc1cccc(NC(=O)C(F)(F)F)n1. The minimum absolute atomic E-state index is 0.148. The molecular formula is C9H5F3N2O. The molecular weight excluding hydrogens is 209 g/mol. The smallest absolute Gasteiger partial charge is 0.303 e. The van der Waals surface area contributed by atoms with Gasteiger partial charge in [0.15, 0.2) is 0 Å². The molecule has 0 spiro atoms. The molecule has 0 atom stereocenters. The summed E-state index contributed by atoms with van der Waals surface area (Å²) in [6, 6.07) is 4.04. The number of pyridine rings is 1. The van der Waals surface area contributed by atoms with E-state index in [1.165, 1.54) is 18.2 Å². The Balaban J connectivity index is 2.83. The fourth-order valence-electron chi connectivity index (χ4n) is 0.772. The molecule has 1 aromatic heterocycles. The first-order valence-corrected chi connectivity index (χ1v) is 3.75. The standard InChI is InChI=1S/C9H5F3N2O/c1-2-6-4-3-5-7(13-6)14-8(15)9(10,11)12/h1,3-5H,(H,13,14,15). The second-order valence-electron chi connectivity index (χ2n) is 2.50. The lowest BCUT2D eigenvalue weighted by Gasteiger charge is -2.06. The summed E-state index contributed by atoms with van der Waals surface area (Å²) in [5.74, 6) is -0.173. The lowest BCUT2D eigenvalue weighted by Crippen LogP contribution is -2.30. The van der Waals surface area contributed by atoms with Crippen LogP contribution in [-0.4, -0.2) is 17.1 Å². The highest BCUT2D eigenvalue weighted by Gasteiger charge is 2.38. The molecule has 0 saturated carbocycles. The van der Waals surface area contributed by atoms with Crippen LogP contribution in [0.2, 0.25) is 0 Å². The highest BCUT2D eigenvalue weighted by molar-refractivity contribution is 5.94. The van der Waals surface area contributed by atoms with Gasteiger partial charge in [-0.3, -0.25) is 4.79 Å². The second-order valence-corrected chi connectivity index (χ2v) is 2.50. The average molecular weight is 214 g/mol. The quantitative estimate of drug-likeness (QED) is 0.721. The van der Waals surface area contributed by atoms with Gasteiger partial charge in [0.25, 0.3) is 0 Å². The number of alkyl halides is 3. The van der Waals surface area contributed by atoms with Crippen molar-refractivity contribution in [3.63, 3.8) is 0 Å². The van der Waals surface area contributed by atoms with Crippen molar-refractivity contribution >= 4 is 11.7 Å². The van der Waals surface area contributed by atoms with E-state index in [1.807, 2.05) is 0 Å². The fourth-order valence-corrected chi connectivity index (χ4v) is 0.772. The number of halogens is 3. The number of amides is 1. The summed E-state index contributed by atoms with van der Waals surface area (Å²) in [6.45, 7) is 0. The molecule has 0 aromatic carbocycles. The molecule has 0 unspecified atom stereocenters. The first-order chi connectivity index (χ1) is 6.93. The van der Waals surface area contributed by atoms with Crippen molar-refractivity contribution in [1.82, 2.24) is 4.98 Å². The molecule has 1 rings (SSSR count). The van der Waals surface area contributed by atoms with Crippen molar-refractivity contribution < 1.29 is 18.0 Å². The molecule has 15 heavy (non-hydrogen) atoms. The molecule has 0 radical (unpaired) electrons. The van der Waals surface area contributed by atoms with Crippen molar-refractivity contribution in [2.75, 3.05) is 5.32 Å². The topological polar surface area (TPSA) is 42.0 Å². The van der Waals surface area contributed by atoms with Gasteiger partial charge in [0.05, 0.1) is 0 Å². The monoisotopic (exact) mass is 214 g/mol. The molecule has 1 N–H and O–H groups in total. The van der Waals surface area contributed by atoms with E-state index in [0.717, 1.165) is 0 Å². The molecule has 1 aromatic rings. The number of anilines is 1. The van der Waals surface area contributed by atoms with Crippen LogP contribution in [0.3, 0.4) is 0 Å². The zero-order valence-corrected chi connectivity index (χ0v) is 7.30. The van der Waals surface area contributed by atoms with Crippen molar-refractivity contribution in [3.05, 3.63) is 23.9 Å². The predicted octanol–water partition coefficient (Wildman–Crippen LogP) is 1.56. The number of nitrogens with one attached hydrogen (secondary N) is 1. The maximum absolute atomic E-state index is 11.8. The Morgan fingerprint density at radius 1 is 1.47 bits per heavy atom. The summed E-state index contributed by atoms with van der Waals surface area (Å²) in [5.41, 5.74) is 0.148. The maximum atomic E-state index is 11.8. The summed E-state index contributed by atoms with van der Waals surface area (Å²) < 4.78 is 35.5. The summed E-state index contributed by atoms with van der Waals surface area (Å²) in [6.07, 6.45) is 0.0512. The second kappa shape index (κ2) is 4.00. The third-order valence-corrected chi connectivity index (χ3v) is 1.40. The summed E-state index contributed by atoms with van der Waals surface area (Å²) in [4.78, 5) is 14.1. The van der Waals surface area contributed by atoms with Crippen LogP contribution in [0, 0.1) is 12.3 Å². The lowest BCUT2D eigenvalue weighted by molar-refractivity contribution is -0.167. The van der Waals surface area contributed by atoms with E-state index in [1.54, 1.807) is 5.32 Å². The van der Waals surface area contributed by atoms with Crippen LogP contribution in [0.4, 0.5) is 19.0 Å². The van der Waals surface area contributed by atoms with Crippen molar-refractivity contribution in [3.8, 4) is 12.3 Å². The normalized spacial score (nSPS) is 10.5. The Hall–Kier alpha value is -2.03. The molecule has 0 aliphatic rings. The zero-order valence-electron chi connectivity index (χ0n) is 7.30. The maximum Gasteiger partial charge on any atom is 0.471 e. The Labute approximate surface area is 83.3 Å². The van der Waals surface area contributed by atoms with Crippen LogP contribution in [-0.2, 0) is 4.79 Å². The molecule has 78 valence electrons. The minimum atomic E-state index is -4.94. The van der Waals surface area contributed by atoms with E-state index in [4.69, 9.17) is 6.42 Å². The first kappa shape index (κ1) is 11.0. The number of nitrogens with zero attached hydrogens (tertiary/aromatic N) is 1. The molecule has 0 saturated heterocycles. The predicted molar refractivity (Wildman–Crippen MR) is 46.9 cm³/mol. The van der Waals surface area contributed by atoms with Gasteiger partial charge in [-0.1, -0.05) is 12.0 Å². The molecule has 6 heteroatoms. The van der Waals surface area contributed by atoms with Gasteiger partial charge in [-0.15, -0.1) is 6.42 Å². The van der Waals surface area contributed by atoms with Gasteiger partial charge in [0.2, 0.25) is 0 Å². The minimum Gasteiger partial charge on any atom is -0.303 e. The number of hydrogen-bond donors (Lipinski definition) is 1. The Bertz CT molecular complexity index is 420. The molecule has 0 bridgehead atoms. The molecule has 1 amide bonds. The number of terminal acetylenes is 1. The number of aromatic nitrogens is 1. The van der Waals surface area contributed by atoms with Gasteiger partial charge in [-0.2, -0.15) is 13.2 Å². The van der Waals surface area contributed by atoms with Gasteiger partial charge < -0.3 is 5.32 Å². The van der Waals surface area contributed by atoms with Crippen LogP contribution < -0.4 is 5.32 Å². The van der Waals surface area contributed by atoms with Crippen molar-refractivity contribution in [2.24, 2.45) is 0 Å². The van der Waals surface area contributed by atoms with Gasteiger partial charge in [0, 0.05) is 0 Å². The van der Waals surface area contributed by atoms with E-state index in [2.05, 4.69) is 10.9 Å². The Morgan fingerprint density at radius 2 is 2.13 bits per heavy atom. The Morgan fingerprint density at radius 3 is 2.67 bits per heavy atom. The van der Waals surface area contributed by atoms with E-state index < -0.39 is 12.1 Å². The zero-order chi connectivity index (χ0) is 11.5. The average Bonchev–Trinajstić information content (AvgIpc) is 2.16. The first-order valence-electron chi connectivity index (χ1n) is 3.75. The number of hydrogen-bond acceptors (Lipinski definition) is 2. The van der Waals surface area contributed by atoms with E-state index >= 15 is 0 Å². The van der Waals surface area contributed by atoms with Gasteiger partial charge in [-0.25, -0.2) is 4.98 Å². The van der Waals surface area contributed by atoms with Crippen molar-refractivity contribution in [2.45, 2.75) is 6.18 Å². The van der Waals surface area contributed by atoms with Crippen LogP contribution in [0.5, 0.6) is 0 Å². The fraction of sp³-hybridized carbons (Fsp3) is 0.111. The summed E-state index contributed by atoms with van der Waals surface area (Å²) in [7, 11) is 0. The number of carbonyl (C=O) groups is 1. The highest BCUT2D eigenvalue weighted by Crippen LogP contribution is 2.17. The summed E-state index contributed by atoms with van der Waals surface area (Å²) >= 11 is 0. The highest BCUT2D eigenvalue weighted by atomic mass is 19.4. The lowest BCUT2D eigenvalue weighted by atomic mass is 10.3. The molecule has 3 nitrogen and oxygen atoms in total. The number of rotatable bonds is 1. The molecule has 0 aliphatic carbocycles. The van der Waals surface area contributed by atoms with Gasteiger partial charge in [0.1, 0.15) is 11.5 Å². The largest absolute Gasteiger partial charge is 0.471 e. The van der Waals surface area contributed by atoms with Crippen LogP contribution in [0.1, 0.15) is 5.69 Å². The van der Waals surface area contributed by atoms with Crippen LogP contribution in [0.25, 0.3) is 0 Å². The van der Waals surface area contributed by atoms with Gasteiger partial charge >= 0.3 is 12.1 Å².